The summed E-state index contributed by atoms with van der Waals surface area (Å²) < 4.78 is 0. The van der Waals surface area contributed by atoms with E-state index in [9.17, 15) is 0 Å². The number of hydrogen-bond acceptors (Lipinski definition) is 1. The molecule has 0 aliphatic rings. The van der Waals surface area contributed by atoms with Crippen molar-refractivity contribution in [2.24, 2.45) is 5.73 Å². The SMILES string of the molecule is [CH2]N(C)C(=N)N. The van der Waals surface area contributed by atoms with Crippen molar-refractivity contribution in [3.05, 3.63) is 7.05 Å². The summed E-state index contributed by atoms with van der Waals surface area (Å²) in [5.74, 6) is -0.0185. The van der Waals surface area contributed by atoms with Gasteiger partial charge in [-0.05, 0) is 0 Å². The fourth-order valence-corrected chi connectivity index (χ4v) is 0. The molecule has 3 N–H and O–H groups in total. The van der Waals surface area contributed by atoms with Crippen LogP contribution in [-0.2, 0) is 0 Å². The van der Waals surface area contributed by atoms with E-state index in [0.717, 1.165) is 0 Å². The van der Waals surface area contributed by atoms with Crippen molar-refractivity contribution in [1.82, 2.24) is 4.90 Å². The van der Waals surface area contributed by atoms with Crippen LogP contribution in [0.4, 0.5) is 0 Å². The smallest absolute Gasteiger partial charge is 0.188 e. The Bertz CT molecular complexity index is 57.1. The van der Waals surface area contributed by atoms with Gasteiger partial charge in [0.15, 0.2) is 5.96 Å². The van der Waals surface area contributed by atoms with Crippen molar-refractivity contribution in [2.75, 3.05) is 7.05 Å². The molecule has 0 aromatic carbocycles. The zero-order chi connectivity index (χ0) is 5.15. The minimum atomic E-state index is -0.0185. The summed E-state index contributed by atoms with van der Waals surface area (Å²) in [6, 6.07) is 0. The Morgan fingerprint density at radius 3 is 2.17 bits per heavy atom. The Hall–Kier alpha value is -0.730. The van der Waals surface area contributed by atoms with Crippen LogP contribution in [0.5, 0.6) is 0 Å². The van der Waals surface area contributed by atoms with Gasteiger partial charge < -0.3 is 10.6 Å². The number of hydrogen-bond donors (Lipinski definition) is 2. The van der Waals surface area contributed by atoms with Gasteiger partial charge in [-0.15, -0.1) is 0 Å². The first kappa shape index (κ1) is 5.27. The first-order valence-electron chi connectivity index (χ1n) is 1.53. The van der Waals surface area contributed by atoms with E-state index < -0.39 is 0 Å². The van der Waals surface area contributed by atoms with Crippen molar-refractivity contribution in [2.45, 2.75) is 0 Å². The molecule has 0 unspecified atom stereocenters. The molecule has 0 amide bonds. The van der Waals surface area contributed by atoms with Gasteiger partial charge in [0.2, 0.25) is 0 Å². The van der Waals surface area contributed by atoms with Crippen LogP contribution >= 0.6 is 0 Å². The summed E-state index contributed by atoms with van der Waals surface area (Å²) in [6.45, 7) is 0. The van der Waals surface area contributed by atoms with Crippen LogP contribution in [0.15, 0.2) is 0 Å². The average molecular weight is 86.1 g/mol. The fraction of sp³-hybridized carbons (Fsp3) is 0.333. The van der Waals surface area contributed by atoms with Crippen LogP contribution in [-0.4, -0.2) is 17.9 Å². The third-order valence-electron chi connectivity index (χ3n) is 0.411. The van der Waals surface area contributed by atoms with Gasteiger partial charge in [0.25, 0.3) is 0 Å². The second-order valence-corrected chi connectivity index (χ2v) is 1.08. The lowest BCUT2D eigenvalue weighted by Crippen LogP contribution is -2.26. The van der Waals surface area contributed by atoms with Gasteiger partial charge in [0, 0.05) is 14.1 Å². The maximum atomic E-state index is 6.59. The lowest BCUT2D eigenvalue weighted by molar-refractivity contribution is 0.666. The molecule has 0 aliphatic heterocycles. The van der Waals surface area contributed by atoms with Crippen LogP contribution in [0, 0.1) is 12.5 Å². The van der Waals surface area contributed by atoms with Gasteiger partial charge in [0.05, 0.1) is 0 Å². The van der Waals surface area contributed by atoms with Crippen LogP contribution < -0.4 is 5.73 Å². The van der Waals surface area contributed by atoms with Crippen molar-refractivity contribution < 1.29 is 0 Å². The Morgan fingerprint density at radius 1 is 2.00 bits per heavy atom. The zero-order valence-corrected chi connectivity index (χ0v) is 3.73. The number of nitrogens with two attached hydrogens (primary N) is 1. The van der Waals surface area contributed by atoms with Gasteiger partial charge in [-0.1, -0.05) is 0 Å². The first-order valence-corrected chi connectivity index (χ1v) is 1.53. The largest absolute Gasteiger partial charge is 0.370 e. The Morgan fingerprint density at radius 2 is 2.17 bits per heavy atom. The molecule has 0 aromatic rings. The molecule has 0 fully saturated rings. The molecular formula is C3H8N3. The number of guanidine groups is 1. The topological polar surface area (TPSA) is 53.1 Å². The van der Waals surface area contributed by atoms with Crippen molar-refractivity contribution in [3.8, 4) is 0 Å². The summed E-state index contributed by atoms with van der Waals surface area (Å²) in [6.07, 6.45) is 0. The van der Waals surface area contributed by atoms with E-state index in [1.807, 2.05) is 0 Å². The predicted molar refractivity (Wildman–Crippen MR) is 25.0 cm³/mol. The molecule has 0 aromatic heterocycles. The molecule has 0 saturated carbocycles. The minimum Gasteiger partial charge on any atom is -0.370 e. The molecular weight excluding hydrogens is 78.1 g/mol. The number of nitrogens with one attached hydrogen (secondary N) is 1. The third kappa shape index (κ3) is 1.58. The molecule has 0 spiro atoms. The summed E-state index contributed by atoms with van der Waals surface area (Å²) in [5.41, 5.74) is 4.88. The van der Waals surface area contributed by atoms with Gasteiger partial charge in [-0.2, -0.15) is 0 Å². The van der Waals surface area contributed by atoms with E-state index in [-0.39, 0.29) is 5.96 Å². The Kier molecular flexibility index (Phi) is 1.44. The molecule has 6 heavy (non-hydrogen) atoms. The molecule has 3 heteroatoms. The van der Waals surface area contributed by atoms with E-state index in [1.165, 1.54) is 4.90 Å². The van der Waals surface area contributed by atoms with Crippen LogP contribution in [0.2, 0.25) is 0 Å². The second-order valence-electron chi connectivity index (χ2n) is 1.08. The quantitative estimate of drug-likeness (QED) is 0.311. The van der Waals surface area contributed by atoms with E-state index in [1.54, 1.807) is 7.05 Å². The third-order valence-corrected chi connectivity index (χ3v) is 0.411. The molecule has 0 atom stereocenters. The Balaban J connectivity index is 3.26. The molecule has 3 nitrogen and oxygen atoms in total. The summed E-state index contributed by atoms with van der Waals surface area (Å²) >= 11 is 0. The highest BCUT2D eigenvalue weighted by molar-refractivity contribution is 5.74. The number of rotatable bonds is 0. The van der Waals surface area contributed by atoms with Gasteiger partial charge in [-0.3, -0.25) is 5.41 Å². The summed E-state index contributed by atoms with van der Waals surface area (Å²) in [5, 5.41) is 6.59. The molecule has 0 aliphatic carbocycles. The van der Waals surface area contributed by atoms with Crippen molar-refractivity contribution in [3.63, 3.8) is 0 Å². The lowest BCUT2D eigenvalue weighted by Gasteiger charge is -2.05. The van der Waals surface area contributed by atoms with E-state index in [4.69, 9.17) is 11.1 Å². The maximum Gasteiger partial charge on any atom is 0.188 e. The van der Waals surface area contributed by atoms with Gasteiger partial charge in [0.1, 0.15) is 0 Å². The minimum absolute atomic E-state index is 0.0185. The normalized spacial score (nSPS) is 7.67. The Labute approximate surface area is 37.3 Å². The van der Waals surface area contributed by atoms with Gasteiger partial charge >= 0.3 is 0 Å². The highest BCUT2D eigenvalue weighted by atomic mass is 15.2. The number of nitrogens with zero attached hydrogens (tertiary/aromatic N) is 1. The lowest BCUT2D eigenvalue weighted by atomic mass is 10.8. The molecule has 0 bridgehead atoms. The molecule has 0 rings (SSSR count). The van der Waals surface area contributed by atoms with E-state index >= 15 is 0 Å². The fourth-order valence-electron chi connectivity index (χ4n) is 0. The van der Waals surface area contributed by atoms with Crippen molar-refractivity contribution in [1.29, 1.82) is 5.41 Å². The van der Waals surface area contributed by atoms with Crippen molar-refractivity contribution >= 4 is 5.96 Å². The summed E-state index contributed by atoms with van der Waals surface area (Å²) in [7, 11) is 4.94. The second kappa shape index (κ2) is 1.64. The van der Waals surface area contributed by atoms with Crippen LogP contribution in [0.1, 0.15) is 0 Å². The molecule has 35 valence electrons. The van der Waals surface area contributed by atoms with Crippen LogP contribution in [0.3, 0.4) is 0 Å². The summed E-state index contributed by atoms with van der Waals surface area (Å²) in [4.78, 5) is 1.28. The maximum absolute atomic E-state index is 6.59. The zero-order valence-electron chi connectivity index (χ0n) is 3.73. The highest BCUT2D eigenvalue weighted by Gasteiger charge is 1.83. The molecule has 0 saturated heterocycles. The average Bonchev–Trinajstić information content (AvgIpc) is 1.36. The predicted octanol–water partition coefficient (Wildman–Crippen LogP) is -0.397. The highest BCUT2D eigenvalue weighted by Crippen LogP contribution is 1.66. The molecule has 0 heterocycles. The monoisotopic (exact) mass is 86.1 g/mol. The van der Waals surface area contributed by atoms with Gasteiger partial charge in [-0.25, -0.2) is 0 Å². The molecule has 1 radical (unpaired) electrons. The standard InChI is InChI=1S/C3H8N3/c1-6(2)3(4)5/h1H2,2H3,(H3,4,5). The van der Waals surface area contributed by atoms with Crippen LogP contribution in [0.25, 0.3) is 0 Å². The van der Waals surface area contributed by atoms with E-state index in [0.29, 0.717) is 0 Å². The van der Waals surface area contributed by atoms with E-state index in [2.05, 4.69) is 7.05 Å². The first-order chi connectivity index (χ1) is 2.64.